The molecule has 0 fully saturated rings. The molecule has 0 aliphatic heterocycles. The molecule has 0 aliphatic carbocycles. The Morgan fingerprint density at radius 2 is 1.94 bits per heavy atom. The van der Waals surface area contributed by atoms with Gasteiger partial charge >= 0.3 is 0 Å². The van der Waals surface area contributed by atoms with E-state index in [1.807, 2.05) is 4.68 Å². The smallest absolute Gasteiger partial charge is 0.130 e. The molecule has 0 N–H and O–H groups in total. The molecule has 0 atom stereocenters. The van der Waals surface area contributed by atoms with Crippen LogP contribution in [-0.4, -0.2) is 14.8 Å². The standard InChI is InChI=1S/C13H15Cl2N3/c1-3-10-5-11(4-2)18(17-10)8-9-7-16-13(15)6-12(9)14/h5-7H,3-4,8H2,1-2H3. The van der Waals surface area contributed by atoms with Gasteiger partial charge in [-0.25, -0.2) is 4.98 Å². The van der Waals surface area contributed by atoms with Crippen molar-refractivity contribution in [2.45, 2.75) is 33.2 Å². The summed E-state index contributed by atoms with van der Waals surface area (Å²) in [5.41, 5.74) is 3.24. The van der Waals surface area contributed by atoms with E-state index in [1.165, 1.54) is 5.69 Å². The predicted molar refractivity (Wildman–Crippen MR) is 74.3 cm³/mol. The van der Waals surface area contributed by atoms with Crippen LogP contribution in [0.4, 0.5) is 0 Å². The third-order valence-corrected chi connectivity index (χ3v) is 3.41. The van der Waals surface area contributed by atoms with Crippen molar-refractivity contribution in [1.29, 1.82) is 0 Å². The van der Waals surface area contributed by atoms with Crippen LogP contribution >= 0.6 is 23.2 Å². The summed E-state index contributed by atoms with van der Waals surface area (Å²) in [6, 6.07) is 3.80. The minimum absolute atomic E-state index is 0.411. The Balaban J connectivity index is 2.30. The second-order valence-electron chi connectivity index (χ2n) is 4.09. The van der Waals surface area contributed by atoms with Crippen LogP contribution in [0.5, 0.6) is 0 Å². The molecular formula is C13H15Cl2N3. The normalized spacial score (nSPS) is 10.9. The van der Waals surface area contributed by atoms with Gasteiger partial charge in [0.15, 0.2) is 0 Å². The number of pyridine rings is 1. The number of aryl methyl sites for hydroxylation is 2. The van der Waals surface area contributed by atoms with Crippen molar-refractivity contribution in [3.05, 3.63) is 45.5 Å². The molecule has 0 radical (unpaired) electrons. The maximum absolute atomic E-state index is 6.15. The topological polar surface area (TPSA) is 30.7 Å². The molecule has 2 rings (SSSR count). The summed E-state index contributed by atoms with van der Waals surface area (Å²) in [7, 11) is 0. The van der Waals surface area contributed by atoms with Crippen molar-refractivity contribution >= 4 is 23.2 Å². The van der Waals surface area contributed by atoms with Gasteiger partial charge in [-0.2, -0.15) is 5.10 Å². The first kappa shape index (κ1) is 13.4. The van der Waals surface area contributed by atoms with Gasteiger partial charge in [0.2, 0.25) is 0 Å². The van der Waals surface area contributed by atoms with Crippen LogP contribution in [0.25, 0.3) is 0 Å². The molecule has 2 heterocycles. The van der Waals surface area contributed by atoms with Crippen LogP contribution in [0.1, 0.15) is 30.8 Å². The number of rotatable bonds is 4. The Morgan fingerprint density at radius 1 is 1.17 bits per heavy atom. The molecule has 0 aliphatic rings. The van der Waals surface area contributed by atoms with E-state index >= 15 is 0 Å². The molecule has 0 amide bonds. The van der Waals surface area contributed by atoms with Crippen LogP contribution in [0.15, 0.2) is 18.3 Å². The highest BCUT2D eigenvalue weighted by Crippen LogP contribution is 2.20. The Labute approximate surface area is 117 Å². The molecule has 0 aromatic carbocycles. The Bertz CT molecular complexity index is 549. The highest BCUT2D eigenvalue weighted by Gasteiger charge is 2.08. The second-order valence-corrected chi connectivity index (χ2v) is 4.88. The average Bonchev–Trinajstić information content (AvgIpc) is 2.75. The minimum Gasteiger partial charge on any atom is -0.265 e. The lowest BCUT2D eigenvalue weighted by Crippen LogP contribution is -2.06. The van der Waals surface area contributed by atoms with Gasteiger partial charge in [0.25, 0.3) is 0 Å². The van der Waals surface area contributed by atoms with E-state index in [0.29, 0.717) is 16.7 Å². The largest absolute Gasteiger partial charge is 0.265 e. The predicted octanol–water partition coefficient (Wildman–Crippen LogP) is 3.76. The lowest BCUT2D eigenvalue weighted by atomic mass is 10.2. The molecule has 5 heteroatoms. The van der Waals surface area contributed by atoms with Crippen LogP contribution in [0.3, 0.4) is 0 Å². The zero-order valence-corrected chi connectivity index (χ0v) is 12.0. The van der Waals surface area contributed by atoms with E-state index < -0.39 is 0 Å². The van der Waals surface area contributed by atoms with Crippen LogP contribution in [-0.2, 0) is 19.4 Å². The molecular weight excluding hydrogens is 269 g/mol. The quantitative estimate of drug-likeness (QED) is 0.800. The highest BCUT2D eigenvalue weighted by molar-refractivity contribution is 6.34. The molecule has 96 valence electrons. The van der Waals surface area contributed by atoms with Crippen LogP contribution in [0.2, 0.25) is 10.2 Å². The SMILES string of the molecule is CCc1cc(CC)n(Cc2cnc(Cl)cc2Cl)n1. The lowest BCUT2D eigenvalue weighted by Gasteiger charge is -2.07. The third kappa shape index (κ3) is 2.85. The zero-order valence-electron chi connectivity index (χ0n) is 10.5. The van der Waals surface area contributed by atoms with E-state index in [0.717, 1.165) is 24.1 Å². The number of halogens is 2. The first-order valence-corrected chi connectivity index (χ1v) is 6.75. The van der Waals surface area contributed by atoms with Crippen LogP contribution in [0, 0.1) is 0 Å². The summed E-state index contributed by atoms with van der Waals surface area (Å²) in [5, 5.41) is 5.60. The van der Waals surface area contributed by atoms with E-state index in [9.17, 15) is 0 Å². The Kier molecular flexibility index (Phi) is 4.25. The molecule has 3 nitrogen and oxygen atoms in total. The molecule has 2 aromatic heterocycles. The van der Waals surface area contributed by atoms with Gasteiger partial charge in [0.1, 0.15) is 5.15 Å². The van der Waals surface area contributed by atoms with Gasteiger partial charge < -0.3 is 0 Å². The molecule has 0 saturated heterocycles. The first-order valence-electron chi connectivity index (χ1n) is 5.99. The van der Waals surface area contributed by atoms with Gasteiger partial charge in [0, 0.05) is 17.5 Å². The van der Waals surface area contributed by atoms with Crippen LogP contribution < -0.4 is 0 Å². The summed E-state index contributed by atoms with van der Waals surface area (Å²) >= 11 is 11.9. The minimum atomic E-state index is 0.411. The molecule has 0 saturated carbocycles. The number of hydrogen-bond donors (Lipinski definition) is 0. The Hall–Kier alpha value is -1.06. The summed E-state index contributed by atoms with van der Waals surface area (Å²) in [5.74, 6) is 0. The summed E-state index contributed by atoms with van der Waals surface area (Å²) in [4.78, 5) is 4.06. The molecule has 0 bridgehead atoms. The maximum atomic E-state index is 6.15. The van der Waals surface area contributed by atoms with E-state index in [1.54, 1.807) is 12.3 Å². The van der Waals surface area contributed by atoms with Gasteiger partial charge in [-0.05, 0) is 25.0 Å². The number of nitrogens with zero attached hydrogens (tertiary/aromatic N) is 3. The van der Waals surface area contributed by atoms with Gasteiger partial charge in [-0.3, -0.25) is 4.68 Å². The summed E-state index contributed by atoms with van der Waals surface area (Å²) in [6.45, 7) is 4.85. The highest BCUT2D eigenvalue weighted by atomic mass is 35.5. The third-order valence-electron chi connectivity index (χ3n) is 2.85. The van der Waals surface area contributed by atoms with Gasteiger partial charge in [-0.15, -0.1) is 0 Å². The number of hydrogen-bond acceptors (Lipinski definition) is 2. The fourth-order valence-corrected chi connectivity index (χ4v) is 2.25. The fourth-order valence-electron chi connectivity index (χ4n) is 1.82. The zero-order chi connectivity index (χ0) is 13.1. The fraction of sp³-hybridized carbons (Fsp3) is 0.385. The Morgan fingerprint density at radius 3 is 2.56 bits per heavy atom. The molecule has 18 heavy (non-hydrogen) atoms. The summed E-state index contributed by atoms with van der Waals surface area (Å²) < 4.78 is 1.98. The van der Waals surface area contributed by atoms with Crippen molar-refractivity contribution < 1.29 is 0 Å². The van der Waals surface area contributed by atoms with Crippen molar-refractivity contribution in [1.82, 2.24) is 14.8 Å². The first-order chi connectivity index (χ1) is 8.63. The maximum Gasteiger partial charge on any atom is 0.130 e. The monoisotopic (exact) mass is 283 g/mol. The lowest BCUT2D eigenvalue weighted by molar-refractivity contribution is 0.639. The van der Waals surface area contributed by atoms with Crippen molar-refractivity contribution in [2.75, 3.05) is 0 Å². The number of aromatic nitrogens is 3. The molecule has 2 aromatic rings. The van der Waals surface area contributed by atoms with Gasteiger partial charge in [0.05, 0.1) is 17.3 Å². The second kappa shape index (κ2) is 5.72. The van der Waals surface area contributed by atoms with Crippen molar-refractivity contribution in [3.63, 3.8) is 0 Å². The van der Waals surface area contributed by atoms with E-state index in [4.69, 9.17) is 23.2 Å². The average molecular weight is 284 g/mol. The molecule has 0 unspecified atom stereocenters. The summed E-state index contributed by atoms with van der Waals surface area (Å²) in [6.07, 6.45) is 3.59. The van der Waals surface area contributed by atoms with Gasteiger partial charge in [-0.1, -0.05) is 37.0 Å². The van der Waals surface area contributed by atoms with E-state index in [-0.39, 0.29) is 0 Å². The molecule has 0 spiro atoms. The van der Waals surface area contributed by atoms with Crippen molar-refractivity contribution in [2.24, 2.45) is 0 Å². The van der Waals surface area contributed by atoms with Crippen molar-refractivity contribution in [3.8, 4) is 0 Å². The van der Waals surface area contributed by atoms with E-state index in [2.05, 4.69) is 30.0 Å².